The molecule has 0 radical (unpaired) electrons. The highest BCUT2D eigenvalue weighted by Crippen LogP contribution is 2.23. The summed E-state index contributed by atoms with van der Waals surface area (Å²) in [5.41, 5.74) is 1.27. The smallest absolute Gasteiger partial charge is 0.191 e. The maximum absolute atomic E-state index is 4.32. The molecule has 4 nitrogen and oxygen atoms in total. The Balaban J connectivity index is 2.60. The van der Waals surface area contributed by atoms with Gasteiger partial charge in [-0.1, -0.05) is 19.9 Å². The Labute approximate surface area is 139 Å². The second-order valence-corrected chi connectivity index (χ2v) is 7.92. The summed E-state index contributed by atoms with van der Waals surface area (Å²) in [5.74, 6) is 1.81. The summed E-state index contributed by atoms with van der Waals surface area (Å²) in [7, 11) is 1.82. The van der Waals surface area contributed by atoms with Gasteiger partial charge in [-0.3, -0.25) is 9.98 Å². The Morgan fingerprint density at radius 3 is 2.59 bits per heavy atom. The van der Waals surface area contributed by atoms with Gasteiger partial charge in [0.25, 0.3) is 0 Å². The summed E-state index contributed by atoms with van der Waals surface area (Å²) >= 11 is 1.85. The summed E-state index contributed by atoms with van der Waals surface area (Å²) in [5, 5.41) is 6.86. The number of pyridine rings is 1. The molecule has 1 atom stereocenters. The number of aromatic nitrogens is 1. The van der Waals surface area contributed by atoms with Crippen molar-refractivity contribution in [3.05, 3.63) is 30.1 Å². The second-order valence-electron chi connectivity index (χ2n) is 6.41. The normalized spacial score (nSPS) is 14.0. The quantitative estimate of drug-likeness (QED) is 0.598. The van der Waals surface area contributed by atoms with E-state index in [1.54, 1.807) is 0 Å². The fraction of sp³-hybridized carbons (Fsp3) is 0.647. The molecule has 1 heterocycles. The molecule has 124 valence electrons. The average molecular weight is 323 g/mol. The molecule has 0 spiro atoms. The molecule has 1 rings (SSSR count). The zero-order valence-electron chi connectivity index (χ0n) is 14.7. The number of rotatable bonds is 7. The lowest BCUT2D eigenvalue weighted by molar-refractivity contribution is 0.486. The van der Waals surface area contributed by atoms with Gasteiger partial charge in [0.2, 0.25) is 0 Å². The lowest BCUT2D eigenvalue weighted by Crippen LogP contribution is -2.44. The van der Waals surface area contributed by atoms with Crippen LogP contribution >= 0.6 is 11.8 Å². The number of nitrogens with zero attached hydrogens (tertiary/aromatic N) is 2. The van der Waals surface area contributed by atoms with E-state index in [4.69, 9.17) is 0 Å². The molecule has 5 heteroatoms. The molecule has 1 aromatic rings. The lowest BCUT2D eigenvalue weighted by atomic mass is 9.89. The monoisotopic (exact) mass is 322 g/mol. The molecule has 0 aromatic carbocycles. The Morgan fingerprint density at radius 2 is 2.09 bits per heavy atom. The van der Waals surface area contributed by atoms with Gasteiger partial charge in [-0.15, -0.1) is 0 Å². The standard InChI is InChI=1S/C17H30N4S/c1-13(2)15(14-8-7-9-19-10-14)11-20-16(18-5)21-12-17(3,4)22-6/h7-10,13,15H,11-12H2,1-6H3,(H2,18,20,21). The van der Waals surface area contributed by atoms with Crippen molar-refractivity contribution < 1.29 is 0 Å². The molecule has 0 aliphatic carbocycles. The largest absolute Gasteiger partial charge is 0.356 e. The zero-order valence-corrected chi connectivity index (χ0v) is 15.5. The van der Waals surface area contributed by atoms with Crippen molar-refractivity contribution in [2.75, 3.05) is 26.4 Å². The molecule has 1 aromatic heterocycles. The van der Waals surface area contributed by atoms with Crippen LogP contribution in [-0.2, 0) is 0 Å². The van der Waals surface area contributed by atoms with Crippen molar-refractivity contribution in [3.8, 4) is 0 Å². The van der Waals surface area contributed by atoms with E-state index in [2.05, 4.69) is 60.6 Å². The topological polar surface area (TPSA) is 49.3 Å². The first-order valence-corrected chi connectivity index (χ1v) is 9.01. The van der Waals surface area contributed by atoms with Crippen LogP contribution in [0.15, 0.2) is 29.5 Å². The Bertz CT molecular complexity index is 457. The molecule has 0 fully saturated rings. The van der Waals surface area contributed by atoms with Gasteiger partial charge in [0.1, 0.15) is 0 Å². The van der Waals surface area contributed by atoms with Crippen molar-refractivity contribution in [2.45, 2.75) is 38.4 Å². The van der Waals surface area contributed by atoms with E-state index in [-0.39, 0.29) is 4.75 Å². The number of thioether (sulfide) groups is 1. The third kappa shape index (κ3) is 6.26. The lowest BCUT2D eigenvalue weighted by Gasteiger charge is -2.26. The van der Waals surface area contributed by atoms with Crippen molar-refractivity contribution in [3.63, 3.8) is 0 Å². The van der Waals surface area contributed by atoms with Gasteiger partial charge < -0.3 is 10.6 Å². The molecule has 22 heavy (non-hydrogen) atoms. The van der Waals surface area contributed by atoms with Gasteiger partial charge in [0, 0.05) is 43.2 Å². The van der Waals surface area contributed by atoms with Crippen LogP contribution in [0.1, 0.15) is 39.2 Å². The third-order valence-corrected chi connectivity index (χ3v) is 5.11. The molecule has 1 unspecified atom stereocenters. The molecular weight excluding hydrogens is 292 g/mol. The summed E-state index contributed by atoms with van der Waals surface area (Å²) in [6.45, 7) is 10.7. The van der Waals surface area contributed by atoms with Gasteiger partial charge in [0.15, 0.2) is 5.96 Å². The van der Waals surface area contributed by atoms with E-state index >= 15 is 0 Å². The minimum Gasteiger partial charge on any atom is -0.356 e. The summed E-state index contributed by atoms with van der Waals surface area (Å²) in [6, 6.07) is 4.14. The van der Waals surface area contributed by atoms with E-state index in [0.29, 0.717) is 11.8 Å². The molecule has 0 aliphatic rings. The van der Waals surface area contributed by atoms with Crippen LogP contribution in [0.25, 0.3) is 0 Å². The van der Waals surface area contributed by atoms with Crippen LogP contribution in [0, 0.1) is 5.92 Å². The molecular formula is C17H30N4S. The number of guanidine groups is 1. The number of hydrogen-bond donors (Lipinski definition) is 2. The summed E-state index contributed by atoms with van der Waals surface area (Å²) in [4.78, 5) is 8.56. The highest BCUT2D eigenvalue weighted by Gasteiger charge is 2.18. The predicted molar refractivity (Wildman–Crippen MR) is 98.8 cm³/mol. The number of nitrogens with one attached hydrogen (secondary N) is 2. The SMILES string of the molecule is CN=C(NCC(c1cccnc1)C(C)C)NCC(C)(C)SC. The predicted octanol–water partition coefficient (Wildman–Crippen LogP) is 3.13. The second kappa shape index (κ2) is 9.03. The van der Waals surface area contributed by atoms with Crippen molar-refractivity contribution in [1.29, 1.82) is 0 Å². The van der Waals surface area contributed by atoms with E-state index in [1.165, 1.54) is 5.56 Å². The van der Waals surface area contributed by atoms with E-state index in [9.17, 15) is 0 Å². The van der Waals surface area contributed by atoms with Crippen LogP contribution < -0.4 is 10.6 Å². The first-order chi connectivity index (χ1) is 10.4. The minimum absolute atomic E-state index is 0.193. The molecule has 0 saturated heterocycles. The van der Waals surface area contributed by atoms with E-state index in [1.807, 2.05) is 37.3 Å². The molecule has 0 amide bonds. The van der Waals surface area contributed by atoms with Crippen LogP contribution in [0.4, 0.5) is 0 Å². The molecule has 2 N–H and O–H groups in total. The fourth-order valence-corrected chi connectivity index (χ4v) is 2.35. The Kier molecular flexibility index (Phi) is 7.73. The minimum atomic E-state index is 0.193. The van der Waals surface area contributed by atoms with Crippen LogP contribution in [-0.4, -0.2) is 42.1 Å². The van der Waals surface area contributed by atoms with Gasteiger partial charge in [0.05, 0.1) is 0 Å². The van der Waals surface area contributed by atoms with E-state index in [0.717, 1.165) is 19.0 Å². The Hall–Kier alpha value is -1.23. The van der Waals surface area contributed by atoms with Gasteiger partial charge in [-0.2, -0.15) is 11.8 Å². The first kappa shape index (κ1) is 18.8. The third-order valence-electron chi connectivity index (χ3n) is 3.86. The summed E-state index contributed by atoms with van der Waals surface area (Å²) < 4.78 is 0.193. The highest BCUT2D eigenvalue weighted by molar-refractivity contribution is 7.99. The average Bonchev–Trinajstić information content (AvgIpc) is 2.51. The van der Waals surface area contributed by atoms with Crippen LogP contribution in [0.5, 0.6) is 0 Å². The van der Waals surface area contributed by atoms with Crippen LogP contribution in [0.2, 0.25) is 0 Å². The van der Waals surface area contributed by atoms with Crippen LogP contribution in [0.3, 0.4) is 0 Å². The maximum atomic E-state index is 4.32. The van der Waals surface area contributed by atoms with Crippen molar-refractivity contribution in [2.24, 2.45) is 10.9 Å². The Morgan fingerprint density at radius 1 is 1.36 bits per heavy atom. The number of hydrogen-bond acceptors (Lipinski definition) is 3. The zero-order chi connectivity index (χ0) is 16.6. The fourth-order valence-electron chi connectivity index (χ4n) is 2.13. The van der Waals surface area contributed by atoms with Gasteiger partial charge in [-0.05, 0) is 37.7 Å². The maximum Gasteiger partial charge on any atom is 0.191 e. The first-order valence-electron chi connectivity index (χ1n) is 7.79. The number of aliphatic imine (C=N–C) groups is 1. The highest BCUT2D eigenvalue weighted by atomic mass is 32.2. The van der Waals surface area contributed by atoms with Crippen molar-refractivity contribution >= 4 is 17.7 Å². The molecule has 0 saturated carbocycles. The molecule has 0 aliphatic heterocycles. The molecule has 0 bridgehead atoms. The van der Waals surface area contributed by atoms with Crippen molar-refractivity contribution in [1.82, 2.24) is 15.6 Å². The van der Waals surface area contributed by atoms with Gasteiger partial charge >= 0.3 is 0 Å². The summed E-state index contributed by atoms with van der Waals surface area (Å²) in [6.07, 6.45) is 5.91. The van der Waals surface area contributed by atoms with E-state index < -0.39 is 0 Å². The van der Waals surface area contributed by atoms with Gasteiger partial charge in [-0.25, -0.2) is 0 Å².